The number of nitrogens with zero attached hydrogens (tertiary/aromatic N) is 1. The van der Waals surface area contributed by atoms with Crippen LogP contribution in [0, 0.1) is 0 Å². The number of halogens is 1. The van der Waals surface area contributed by atoms with Gasteiger partial charge < -0.3 is 24.8 Å². The molecule has 3 aliphatic heterocycles. The van der Waals surface area contributed by atoms with Crippen LogP contribution in [0.5, 0.6) is 11.5 Å². The Hall–Kier alpha value is -1.22. The highest BCUT2D eigenvalue weighted by Crippen LogP contribution is 2.49. The molecule has 2 bridgehead atoms. The summed E-state index contributed by atoms with van der Waals surface area (Å²) in [5, 5.41) is 7.10. The van der Waals surface area contributed by atoms with Gasteiger partial charge in [-0.1, -0.05) is 6.07 Å². The monoisotopic (exact) mass is 471 g/mol. The minimum atomic E-state index is 0. The van der Waals surface area contributed by atoms with Crippen molar-refractivity contribution in [2.24, 2.45) is 4.99 Å². The van der Waals surface area contributed by atoms with Crippen LogP contribution in [0.2, 0.25) is 0 Å². The molecule has 0 radical (unpaired) electrons. The van der Waals surface area contributed by atoms with E-state index in [1.807, 2.05) is 13.1 Å². The molecule has 5 rings (SSSR count). The van der Waals surface area contributed by atoms with Crippen LogP contribution in [0.15, 0.2) is 23.2 Å². The molecule has 1 aliphatic carbocycles. The zero-order valence-electron chi connectivity index (χ0n) is 15.0. The summed E-state index contributed by atoms with van der Waals surface area (Å²) in [5.41, 5.74) is 1.51. The molecule has 2 N–H and O–H groups in total. The average Bonchev–Trinajstić information content (AvgIpc) is 3.01. The van der Waals surface area contributed by atoms with E-state index in [-0.39, 0.29) is 29.4 Å². The van der Waals surface area contributed by atoms with Crippen LogP contribution in [-0.2, 0) is 10.2 Å². The molecule has 0 aromatic heterocycles. The number of hydrogen-bond donors (Lipinski definition) is 2. The van der Waals surface area contributed by atoms with Crippen molar-refractivity contribution in [1.82, 2.24) is 10.6 Å². The maximum atomic E-state index is 5.93. The molecule has 142 valence electrons. The number of nitrogens with one attached hydrogen (secondary N) is 2. The van der Waals surface area contributed by atoms with Gasteiger partial charge in [0.1, 0.15) is 0 Å². The highest BCUT2D eigenvalue weighted by molar-refractivity contribution is 14.0. The molecule has 3 atom stereocenters. The van der Waals surface area contributed by atoms with Crippen molar-refractivity contribution in [3.05, 3.63) is 23.8 Å². The standard InChI is InChI=1S/C19H25N3O3.HI/c1-20-18(22-14-9-13-3-5-15(14)25-13)21-10-19(6-7-19)12-2-4-16-17(8-12)24-11-23-16;/h2,4,8,13-15H,3,5-7,9-11H2,1H3,(H2,20,21,22);1H. The summed E-state index contributed by atoms with van der Waals surface area (Å²) in [6, 6.07) is 6.72. The lowest BCUT2D eigenvalue weighted by molar-refractivity contribution is 0.0992. The first-order chi connectivity index (χ1) is 12.3. The second kappa shape index (κ2) is 7.07. The van der Waals surface area contributed by atoms with Gasteiger partial charge in [-0.2, -0.15) is 0 Å². The smallest absolute Gasteiger partial charge is 0.231 e. The lowest BCUT2D eigenvalue weighted by atomic mass is 9.95. The molecule has 1 saturated carbocycles. The summed E-state index contributed by atoms with van der Waals surface area (Å²) >= 11 is 0. The van der Waals surface area contributed by atoms with Gasteiger partial charge >= 0.3 is 0 Å². The number of aliphatic imine (C=N–C) groups is 1. The first-order valence-electron chi connectivity index (χ1n) is 9.29. The third kappa shape index (κ3) is 3.24. The molecule has 4 aliphatic rings. The van der Waals surface area contributed by atoms with Crippen molar-refractivity contribution < 1.29 is 14.2 Å². The van der Waals surface area contributed by atoms with Crippen LogP contribution >= 0.6 is 24.0 Å². The van der Waals surface area contributed by atoms with Crippen LogP contribution in [0.4, 0.5) is 0 Å². The summed E-state index contributed by atoms with van der Waals surface area (Å²) in [7, 11) is 1.84. The van der Waals surface area contributed by atoms with Crippen molar-refractivity contribution in [2.45, 2.75) is 55.8 Å². The molecule has 26 heavy (non-hydrogen) atoms. The van der Waals surface area contributed by atoms with Gasteiger partial charge in [0.25, 0.3) is 0 Å². The summed E-state index contributed by atoms with van der Waals surface area (Å²) in [5.74, 6) is 2.60. The van der Waals surface area contributed by atoms with Gasteiger partial charge in [-0.05, 0) is 49.8 Å². The van der Waals surface area contributed by atoms with Gasteiger partial charge in [0.05, 0.1) is 18.2 Å². The summed E-state index contributed by atoms with van der Waals surface area (Å²) in [6.45, 7) is 1.21. The first kappa shape index (κ1) is 18.2. The molecule has 3 fully saturated rings. The minimum absolute atomic E-state index is 0. The van der Waals surface area contributed by atoms with Crippen LogP contribution in [0.25, 0.3) is 0 Å². The van der Waals surface area contributed by atoms with E-state index in [4.69, 9.17) is 14.2 Å². The first-order valence-corrected chi connectivity index (χ1v) is 9.29. The maximum Gasteiger partial charge on any atom is 0.231 e. The second-order valence-corrected chi connectivity index (χ2v) is 7.63. The molecule has 7 heteroatoms. The number of benzene rings is 1. The van der Waals surface area contributed by atoms with Crippen LogP contribution in [0.1, 0.15) is 37.7 Å². The van der Waals surface area contributed by atoms with Crippen molar-refractivity contribution in [2.75, 3.05) is 20.4 Å². The van der Waals surface area contributed by atoms with Gasteiger partial charge in [0.15, 0.2) is 17.5 Å². The molecular weight excluding hydrogens is 445 g/mol. The third-order valence-corrected chi connectivity index (χ3v) is 6.08. The predicted octanol–water partition coefficient (Wildman–Crippen LogP) is 2.55. The Morgan fingerprint density at radius 3 is 2.77 bits per heavy atom. The Labute approximate surface area is 171 Å². The van der Waals surface area contributed by atoms with Gasteiger partial charge in [-0.25, -0.2) is 0 Å². The molecule has 1 aromatic rings. The van der Waals surface area contributed by atoms with E-state index >= 15 is 0 Å². The van der Waals surface area contributed by atoms with Gasteiger partial charge in [0, 0.05) is 19.0 Å². The molecule has 6 nitrogen and oxygen atoms in total. The van der Waals surface area contributed by atoms with Crippen molar-refractivity contribution in [1.29, 1.82) is 0 Å². The number of ether oxygens (including phenoxy) is 3. The Bertz CT molecular complexity index is 707. The molecule has 3 heterocycles. The summed E-state index contributed by atoms with van der Waals surface area (Å²) < 4.78 is 16.9. The Morgan fingerprint density at radius 2 is 2.08 bits per heavy atom. The van der Waals surface area contributed by atoms with Gasteiger partial charge in [-0.15, -0.1) is 24.0 Å². The predicted molar refractivity (Wildman–Crippen MR) is 110 cm³/mol. The Kier molecular flexibility index (Phi) is 4.94. The van der Waals surface area contributed by atoms with Crippen LogP contribution in [0.3, 0.4) is 0 Å². The fourth-order valence-electron chi connectivity index (χ4n) is 4.36. The number of guanidine groups is 1. The van der Waals surface area contributed by atoms with E-state index in [1.165, 1.54) is 31.2 Å². The van der Waals surface area contributed by atoms with Crippen molar-refractivity contribution >= 4 is 29.9 Å². The molecule has 1 aromatic carbocycles. The molecule has 0 amide bonds. The van der Waals surface area contributed by atoms with E-state index in [9.17, 15) is 0 Å². The Balaban J connectivity index is 0.00000168. The van der Waals surface area contributed by atoms with Crippen molar-refractivity contribution in [3.63, 3.8) is 0 Å². The number of hydrogen-bond acceptors (Lipinski definition) is 4. The number of rotatable bonds is 4. The zero-order chi connectivity index (χ0) is 16.9. The second-order valence-electron chi connectivity index (χ2n) is 7.63. The highest BCUT2D eigenvalue weighted by Gasteiger charge is 2.45. The number of fused-ring (bicyclic) bond motifs is 3. The lowest BCUT2D eigenvalue weighted by Gasteiger charge is -2.24. The summed E-state index contributed by atoms with van der Waals surface area (Å²) in [4.78, 5) is 4.41. The molecule has 0 spiro atoms. The van der Waals surface area contributed by atoms with E-state index in [0.717, 1.165) is 30.4 Å². The molecule has 3 unspecified atom stereocenters. The van der Waals surface area contributed by atoms with Crippen molar-refractivity contribution in [3.8, 4) is 11.5 Å². The van der Waals surface area contributed by atoms with Crippen LogP contribution in [-0.4, -0.2) is 44.6 Å². The molecular formula is C19H26IN3O3. The third-order valence-electron chi connectivity index (χ3n) is 6.08. The highest BCUT2D eigenvalue weighted by atomic mass is 127. The maximum absolute atomic E-state index is 5.93. The van der Waals surface area contributed by atoms with E-state index in [1.54, 1.807) is 0 Å². The molecule has 2 saturated heterocycles. The largest absolute Gasteiger partial charge is 0.454 e. The quantitative estimate of drug-likeness (QED) is 0.402. The Morgan fingerprint density at radius 1 is 1.23 bits per heavy atom. The van der Waals surface area contributed by atoms with Gasteiger partial charge in [0.2, 0.25) is 6.79 Å². The lowest BCUT2D eigenvalue weighted by Crippen LogP contribution is -2.49. The minimum Gasteiger partial charge on any atom is -0.454 e. The van der Waals surface area contributed by atoms with E-state index < -0.39 is 0 Å². The van der Waals surface area contributed by atoms with E-state index in [0.29, 0.717) is 25.0 Å². The summed E-state index contributed by atoms with van der Waals surface area (Å²) in [6.07, 6.45) is 6.65. The topological polar surface area (TPSA) is 64.1 Å². The fraction of sp³-hybridized carbons (Fsp3) is 0.632. The van der Waals surface area contributed by atoms with Crippen LogP contribution < -0.4 is 20.1 Å². The average molecular weight is 471 g/mol. The zero-order valence-corrected chi connectivity index (χ0v) is 17.3. The fourth-order valence-corrected chi connectivity index (χ4v) is 4.36. The van der Waals surface area contributed by atoms with E-state index in [2.05, 4.69) is 27.8 Å². The normalized spacial score (nSPS) is 30.0. The SMILES string of the molecule is CN=C(NCC1(c2ccc3c(c2)OCO3)CC1)NC1CC2CCC1O2.I. The van der Waals surface area contributed by atoms with Gasteiger partial charge in [-0.3, -0.25) is 4.99 Å².